The van der Waals surface area contributed by atoms with Crippen LogP contribution in [0, 0.1) is 6.92 Å². The van der Waals surface area contributed by atoms with Crippen LogP contribution in [0.1, 0.15) is 18.1 Å². The Kier molecular flexibility index (Phi) is 5.37. The molecule has 1 fully saturated rings. The summed E-state index contributed by atoms with van der Waals surface area (Å²) in [5, 5.41) is 0.437. The summed E-state index contributed by atoms with van der Waals surface area (Å²) >= 11 is 5.95. The van der Waals surface area contributed by atoms with Gasteiger partial charge in [0.25, 0.3) is 0 Å². The summed E-state index contributed by atoms with van der Waals surface area (Å²) in [7, 11) is -3.49. The van der Waals surface area contributed by atoms with Crippen molar-refractivity contribution in [3.8, 4) is 0 Å². The molecule has 0 N–H and O–H groups in total. The summed E-state index contributed by atoms with van der Waals surface area (Å²) in [6.45, 7) is 6.61. The van der Waals surface area contributed by atoms with Gasteiger partial charge in [-0.3, -0.25) is 0 Å². The maximum absolute atomic E-state index is 12.8. The number of piperazine rings is 1. The molecule has 2 aromatic carbocycles. The molecule has 1 saturated heterocycles. The van der Waals surface area contributed by atoms with Crippen LogP contribution in [0.2, 0.25) is 5.02 Å². The Morgan fingerprint density at radius 3 is 2.36 bits per heavy atom. The molecule has 0 unspecified atom stereocenters. The number of benzene rings is 2. The van der Waals surface area contributed by atoms with E-state index < -0.39 is 10.0 Å². The molecule has 6 heteroatoms. The lowest BCUT2D eigenvalue weighted by molar-refractivity contribution is 0.384. The molecule has 0 radical (unpaired) electrons. The van der Waals surface area contributed by atoms with Crippen molar-refractivity contribution in [3.05, 3.63) is 58.6 Å². The van der Waals surface area contributed by atoms with Gasteiger partial charge in [-0.05, 0) is 42.7 Å². The lowest BCUT2D eigenvalue weighted by Crippen LogP contribution is -2.49. The minimum absolute atomic E-state index is 0.263. The van der Waals surface area contributed by atoms with E-state index in [0.717, 1.165) is 6.42 Å². The summed E-state index contributed by atoms with van der Waals surface area (Å²) in [5.41, 5.74) is 3.81. The Balaban J connectivity index is 1.79. The largest absolute Gasteiger partial charge is 0.368 e. The van der Waals surface area contributed by atoms with Gasteiger partial charge in [0, 0.05) is 36.9 Å². The lowest BCUT2D eigenvalue weighted by atomic mass is 10.0. The molecule has 0 saturated carbocycles. The van der Waals surface area contributed by atoms with E-state index >= 15 is 0 Å². The van der Waals surface area contributed by atoms with Crippen molar-refractivity contribution in [2.75, 3.05) is 31.1 Å². The van der Waals surface area contributed by atoms with Crippen molar-refractivity contribution in [3.63, 3.8) is 0 Å². The van der Waals surface area contributed by atoms with Crippen LogP contribution in [-0.4, -0.2) is 38.9 Å². The Labute approximate surface area is 155 Å². The van der Waals surface area contributed by atoms with Crippen LogP contribution in [-0.2, 0) is 16.4 Å². The third-order valence-corrected chi connectivity index (χ3v) is 6.82. The highest BCUT2D eigenvalue weighted by Crippen LogP contribution is 2.28. The van der Waals surface area contributed by atoms with Gasteiger partial charge < -0.3 is 4.90 Å². The zero-order valence-electron chi connectivity index (χ0n) is 14.6. The highest BCUT2D eigenvalue weighted by Gasteiger charge is 2.29. The van der Waals surface area contributed by atoms with Crippen molar-refractivity contribution < 1.29 is 8.42 Å². The van der Waals surface area contributed by atoms with Crippen molar-refractivity contribution in [2.45, 2.75) is 25.2 Å². The fraction of sp³-hybridized carbons (Fsp3) is 0.368. The zero-order chi connectivity index (χ0) is 18.0. The number of hydrogen-bond donors (Lipinski definition) is 0. The van der Waals surface area contributed by atoms with Gasteiger partial charge in [-0.2, -0.15) is 4.31 Å². The van der Waals surface area contributed by atoms with Crippen LogP contribution in [0.4, 0.5) is 5.69 Å². The van der Waals surface area contributed by atoms with E-state index in [0.29, 0.717) is 31.2 Å². The van der Waals surface area contributed by atoms with Gasteiger partial charge >= 0.3 is 0 Å². The monoisotopic (exact) mass is 378 g/mol. The Morgan fingerprint density at radius 1 is 1.04 bits per heavy atom. The van der Waals surface area contributed by atoms with E-state index in [1.165, 1.54) is 22.9 Å². The molecule has 2 aromatic rings. The Hall–Kier alpha value is -1.56. The fourth-order valence-corrected chi connectivity index (χ4v) is 5.11. The molecule has 0 bridgehead atoms. The number of rotatable bonds is 4. The van der Waals surface area contributed by atoms with Crippen molar-refractivity contribution in [1.29, 1.82) is 0 Å². The predicted octanol–water partition coefficient (Wildman–Crippen LogP) is 3.72. The van der Waals surface area contributed by atoms with E-state index in [9.17, 15) is 8.42 Å². The highest BCUT2D eigenvalue weighted by molar-refractivity contribution is 7.89. The van der Waals surface area contributed by atoms with Gasteiger partial charge in [-0.15, -0.1) is 0 Å². The number of anilines is 1. The van der Waals surface area contributed by atoms with Gasteiger partial charge in [0.05, 0.1) is 4.90 Å². The van der Waals surface area contributed by atoms with Gasteiger partial charge in [0.1, 0.15) is 0 Å². The molecular weight excluding hydrogens is 356 g/mol. The van der Waals surface area contributed by atoms with Crippen LogP contribution in [0.15, 0.2) is 47.4 Å². The second kappa shape index (κ2) is 7.36. The predicted molar refractivity (Wildman–Crippen MR) is 103 cm³/mol. The third-order valence-electron chi connectivity index (χ3n) is 4.69. The number of hydrogen-bond acceptors (Lipinski definition) is 3. The van der Waals surface area contributed by atoms with E-state index in [1.54, 1.807) is 22.5 Å². The molecule has 1 aliphatic heterocycles. The minimum atomic E-state index is -3.49. The molecule has 3 rings (SSSR count). The number of para-hydroxylation sites is 1. The van der Waals surface area contributed by atoms with Gasteiger partial charge in [-0.25, -0.2) is 8.42 Å². The maximum Gasteiger partial charge on any atom is 0.243 e. The van der Waals surface area contributed by atoms with Crippen LogP contribution in [0.25, 0.3) is 0 Å². The van der Waals surface area contributed by atoms with Gasteiger partial charge in [0.2, 0.25) is 10.0 Å². The van der Waals surface area contributed by atoms with E-state index in [2.05, 4.69) is 36.9 Å². The topological polar surface area (TPSA) is 40.6 Å². The average molecular weight is 379 g/mol. The number of sulfonamides is 1. The molecule has 25 heavy (non-hydrogen) atoms. The van der Waals surface area contributed by atoms with Crippen molar-refractivity contribution >= 4 is 27.3 Å². The van der Waals surface area contributed by atoms with E-state index in [-0.39, 0.29) is 4.90 Å². The number of nitrogens with zero attached hydrogens (tertiary/aromatic N) is 2. The fourth-order valence-electron chi connectivity index (χ4n) is 3.39. The lowest BCUT2D eigenvalue weighted by Gasteiger charge is -2.37. The molecule has 4 nitrogen and oxygen atoms in total. The summed E-state index contributed by atoms with van der Waals surface area (Å²) in [6.07, 6.45) is 0.970. The number of halogens is 1. The maximum atomic E-state index is 12.8. The first kappa shape index (κ1) is 18.2. The quantitative estimate of drug-likeness (QED) is 0.814. The molecule has 0 atom stereocenters. The molecule has 1 heterocycles. The Morgan fingerprint density at radius 2 is 1.72 bits per heavy atom. The van der Waals surface area contributed by atoms with E-state index in [1.807, 2.05) is 0 Å². The Bertz CT molecular complexity index is 859. The summed E-state index contributed by atoms with van der Waals surface area (Å²) in [6, 6.07) is 12.8. The highest BCUT2D eigenvalue weighted by atomic mass is 35.5. The van der Waals surface area contributed by atoms with Gasteiger partial charge in [0.15, 0.2) is 0 Å². The number of aryl methyl sites for hydroxylation is 2. The molecule has 1 aliphatic rings. The molecule has 0 aliphatic carbocycles. The van der Waals surface area contributed by atoms with Crippen LogP contribution >= 0.6 is 11.6 Å². The second-order valence-electron chi connectivity index (χ2n) is 6.28. The van der Waals surface area contributed by atoms with Crippen molar-refractivity contribution in [2.24, 2.45) is 0 Å². The van der Waals surface area contributed by atoms with Crippen LogP contribution < -0.4 is 4.90 Å². The summed E-state index contributed by atoms with van der Waals surface area (Å²) in [5.74, 6) is 0. The first-order chi connectivity index (χ1) is 11.9. The molecule has 0 spiro atoms. The van der Waals surface area contributed by atoms with E-state index in [4.69, 9.17) is 11.6 Å². The summed E-state index contributed by atoms with van der Waals surface area (Å²) in [4.78, 5) is 2.57. The zero-order valence-corrected chi connectivity index (χ0v) is 16.1. The first-order valence-electron chi connectivity index (χ1n) is 8.52. The van der Waals surface area contributed by atoms with Crippen LogP contribution in [0.3, 0.4) is 0 Å². The van der Waals surface area contributed by atoms with Crippen LogP contribution in [0.5, 0.6) is 0 Å². The molecule has 0 amide bonds. The van der Waals surface area contributed by atoms with Gasteiger partial charge in [-0.1, -0.05) is 42.8 Å². The smallest absolute Gasteiger partial charge is 0.243 e. The second-order valence-corrected chi connectivity index (χ2v) is 8.66. The normalized spacial score (nSPS) is 16.2. The average Bonchev–Trinajstić information content (AvgIpc) is 2.61. The molecule has 0 aromatic heterocycles. The standard InChI is InChI=1S/C19H23ClN2O2S/c1-3-16-7-4-6-15(2)19(16)21-10-12-22(13-11-21)25(23,24)18-9-5-8-17(20)14-18/h4-9,14H,3,10-13H2,1-2H3. The van der Waals surface area contributed by atoms with Crippen molar-refractivity contribution in [1.82, 2.24) is 4.31 Å². The summed E-state index contributed by atoms with van der Waals surface area (Å²) < 4.78 is 27.2. The SMILES string of the molecule is CCc1cccc(C)c1N1CCN(S(=O)(=O)c2cccc(Cl)c2)CC1. The molecular formula is C19H23ClN2O2S. The molecule has 134 valence electrons. The minimum Gasteiger partial charge on any atom is -0.368 e. The first-order valence-corrected chi connectivity index (χ1v) is 10.3. The third kappa shape index (κ3) is 3.68.